The van der Waals surface area contributed by atoms with E-state index in [1.54, 1.807) is 20.8 Å². The lowest BCUT2D eigenvalue weighted by Crippen LogP contribution is -2.40. The molecule has 0 fully saturated rings. The van der Waals surface area contributed by atoms with Gasteiger partial charge >= 0.3 is 6.09 Å². The third-order valence-electron chi connectivity index (χ3n) is 3.48. The second-order valence-electron chi connectivity index (χ2n) is 6.67. The first-order valence-electron chi connectivity index (χ1n) is 7.18. The van der Waals surface area contributed by atoms with E-state index in [1.807, 2.05) is 0 Å². The van der Waals surface area contributed by atoms with Crippen molar-refractivity contribution in [2.45, 2.75) is 52.2 Å². The number of phenols is 1. The van der Waals surface area contributed by atoms with Gasteiger partial charge in [0.1, 0.15) is 11.4 Å². The minimum absolute atomic E-state index is 0.158. The van der Waals surface area contributed by atoms with Gasteiger partial charge in [0.2, 0.25) is 0 Å². The number of ether oxygens (including phenoxy) is 1. The molecule has 4 nitrogen and oxygen atoms in total. The van der Waals surface area contributed by atoms with E-state index in [4.69, 9.17) is 4.74 Å². The van der Waals surface area contributed by atoms with Gasteiger partial charge in [0.05, 0.1) is 6.54 Å². The van der Waals surface area contributed by atoms with Gasteiger partial charge in [-0.2, -0.15) is 0 Å². The van der Waals surface area contributed by atoms with Crippen LogP contribution in [0.3, 0.4) is 0 Å². The zero-order valence-corrected chi connectivity index (χ0v) is 13.2. The van der Waals surface area contributed by atoms with E-state index in [-0.39, 0.29) is 17.9 Å². The molecule has 1 aromatic carbocycles. The van der Waals surface area contributed by atoms with Gasteiger partial charge in [-0.25, -0.2) is 13.6 Å². The van der Waals surface area contributed by atoms with Gasteiger partial charge in [0.15, 0.2) is 0 Å². The topological polar surface area (TPSA) is 49.8 Å². The summed E-state index contributed by atoms with van der Waals surface area (Å²) in [5.74, 6) is -3.21. The van der Waals surface area contributed by atoms with E-state index in [1.165, 1.54) is 11.0 Å². The fraction of sp³-hybridized carbons (Fsp3) is 0.562. The SMILES string of the molecule is CC(C)(C)OC(=O)N1CCc2cc(C(C)(F)F)cc(O)c2C1. The lowest BCUT2D eigenvalue weighted by molar-refractivity contribution is 0.0160. The standard InChI is InChI=1S/C16H21F2NO3/c1-15(2,3)22-14(21)19-6-5-10-7-11(16(4,17)18)8-13(20)12(10)9-19/h7-8,20H,5-6,9H2,1-4H3. The molecule has 0 radical (unpaired) electrons. The summed E-state index contributed by atoms with van der Waals surface area (Å²) in [4.78, 5) is 13.5. The van der Waals surface area contributed by atoms with Crippen molar-refractivity contribution in [2.75, 3.05) is 6.54 Å². The number of phenolic OH excluding ortho intramolecular Hbond substituents is 1. The molecule has 0 unspecified atom stereocenters. The molecule has 122 valence electrons. The van der Waals surface area contributed by atoms with Gasteiger partial charge in [-0.3, -0.25) is 0 Å². The van der Waals surface area contributed by atoms with Gasteiger partial charge in [0, 0.05) is 24.6 Å². The Kier molecular flexibility index (Phi) is 4.06. The van der Waals surface area contributed by atoms with Crippen molar-refractivity contribution < 1.29 is 23.4 Å². The number of halogens is 2. The van der Waals surface area contributed by atoms with Crippen LogP contribution in [0.1, 0.15) is 44.4 Å². The molecular formula is C16H21F2NO3. The number of carbonyl (C=O) groups is 1. The molecule has 0 aliphatic carbocycles. The fourth-order valence-corrected chi connectivity index (χ4v) is 2.38. The predicted octanol–water partition coefficient (Wildman–Crippen LogP) is 3.80. The van der Waals surface area contributed by atoms with Gasteiger partial charge in [-0.05, 0) is 44.9 Å². The average molecular weight is 313 g/mol. The second-order valence-corrected chi connectivity index (χ2v) is 6.67. The van der Waals surface area contributed by atoms with Gasteiger partial charge < -0.3 is 14.7 Å². The molecule has 0 saturated carbocycles. The first-order chi connectivity index (χ1) is 9.97. The minimum atomic E-state index is -3.01. The molecule has 22 heavy (non-hydrogen) atoms. The summed E-state index contributed by atoms with van der Waals surface area (Å²) in [7, 11) is 0. The molecule has 6 heteroatoms. The molecule has 0 atom stereocenters. The van der Waals surface area contributed by atoms with Crippen molar-refractivity contribution in [3.05, 3.63) is 28.8 Å². The third kappa shape index (κ3) is 3.67. The quantitative estimate of drug-likeness (QED) is 0.858. The highest BCUT2D eigenvalue weighted by molar-refractivity contribution is 5.69. The van der Waals surface area contributed by atoms with Crippen molar-refractivity contribution in [3.8, 4) is 5.75 Å². The number of carbonyl (C=O) groups excluding carboxylic acids is 1. The Morgan fingerprint density at radius 1 is 1.27 bits per heavy atom. The van der Waals surface area contributed by atoms with Crippen LogP contribution in [0.4, 0.5) is 13.6 Å². The molecule has 0 bridgehead atoms. The van der Waals surface area contributed by atoms with E-state index >= 15 is 0 Å². The Balaban J connectivity index is 2.23. The van der Waals surface area contributed by atoms with Crippen LogP contribution < -0.4 is 0 Å². The van der Waals surface area contributed by atoms with Crippen LogP contribution in [-0.2, 0) is 23.6 Å². The van der Waals surface area contributed by atoms with Crippen molar-refractivity contribution in [2.24, 2.45) is 0 Å². The summed E-state index contributed by atoms with van der Waals surface area (Å²) >= 11 is 0. The van der Waals surface area contributed by atoms with Crippen LogP contribution in [0.2, 0.25) is 0 Å². The number of rotatable bonds is 1. The van der Waals surface area contributed by atoms with Crippen molar-refractivity contribution >= 4 is 6.09 Å². The van der Waals surface area contributed by atoms with E-state index in [2.05, 4.69) is 0 Å². The zero-order chi connectivity index (χ0) is 16.7. The van der Waals surface area contributed by atoms with E-state index in [0.717, 1.165) is 13.0 Å². The van der Waals surface area contributed by atoms with E-state index in [0.29, 0.717) is 24.1 Å². The first kappa shape index (κ1) is 16.5. The maximum absolute atomic E-state index is 13.4. The van der Waals surface area contributed by atoms with Crippen LogP contribution in [0.25, 0.3) is 0 Å². The highest BCUT2D eigenvalue weighted by atomic mass is 19.3. The van der Waals surface area contributed by atoms with E-state index in [9.17, 15) is 18.7 Å². The molecule has 1 aromatic rings. The largest absolute Gasteiger partial charge is 0.508 e. The number of aromatic hydroxyl groups is 1. The zero-order valence-electron chi connectivity index (χ0n) is 13.2. The normalized spacial score (nSPS) is 15.5. The molecule has 0 aromatic heterocycles. The number of hydrogen-bond donors (Lipinski definition) is 1. The maximum Gasteiger partial charge on any atom is 0.410 e. The maximum atomic E-state index is 13.4. The molecule has 1 amide bonds. The Morgan fingerprint density at radius 3 is 2.45 bits per heavy atom. The number of benzene rings is 1. The lowest BCUT2D eigenvalue weighted by atomic mass is 9.94. The van der Waals surface area contributed by atoms with E-state index < -0.39 is 17.6 Å². The van der Waals surface area contributed by atoms with Crippen LogP contribution >= 0.6 is 0 Å². The third-order valence-corrected chi connectivity index (χ3v) is 3.48. The summed E-state index contributed by atoms with van der Waals surface area (Å²) < 4.78 is 32.1. The summed E-state index contributed by atoms with van der Waals surface area (Å²) in [5.41, 5.74) is 0.337. The smallest absolute Gasteiger partial charge is 0.410 e. The molecule has 1 aliphatic heterocycles. The highest BCUT2D eigenvalue weighted by Gasteiger charge is 2.31. The molecular weight excluding hydrogens is 292 g/mol. The molecule has 0 spiro atoms. The summed E-state index contributed by atoms with van der Waals surface area (Å²) in [6.45, 7) is 6.65. The summed E-state index contributed by atoms with van der Waals surface area (Å²) in [6.07, 6.45) is -0.0612. The monoisotopic (exact) mass is 313 g/mol. The van der Waals surface area contributed by atoms with Crippen LogP contribution in [0, 0.1) is 0 Å². The Morgan fingerprint density at radius 2 is 1.91 bits per heavy atom. The van der Waals surface area contributed by atoms with Crippen molar-refractivity contribution in [3.63, 3.8) is 0 Å². The molecule has 0 saturated heterocycles. The number of amides is 1. The fourth-order valence-electron chi connectivity index (χ4n) is 2.38. The van der Waals surface area contributed by atoms with Crippen LogP contribution in [0.5, 0.6) is 5.75 Å². The number of alkyl halides is 2. The van der Waals surface area contributed by atoms with Gasteiger partial charge in [0.25, 0.3) is 5.92 Å². The molecule has 2 rings (SSSR count). The van der Waals surface area contributed by atoms with Gasteiger partial charge in [-0.15, -0.1) is 0 Å². The van der Waals surface area contributed by atoms with Gasteiger partial charge in [-0.1, -0.05) is 0 Å². The Hall–Kier alpha value is -1.85. The summed E-state index contributed by atoms with van der Waals surface area (Å²) in [5, 5.41) is 10.0. The van der Waals surface area contributed by atoms with Crippen LogP contribution in [0.15, 0.2) is 12.1 Å². The second kappa shape index (κ2) is 5.41. The van der Waals surface area contributed by atoms with Crippen LogP contribution in [-0.4, -0.2) is 28.2 Å². The lowest BCUT2D eigenvalue weighted by Gasteiger charge is -2.32. The van der Waals surface area contributed by atoms with Crippen molar-refractivity contribution in [1.82, 2.24) is 4.90 Å². The average Bonchev–Trinajstić information content (AvgIpc) is 2.35. The molecule has 1 N–H and O–H groups in total. The highest BCUT2D eigenvalue weighted by Crippen LogP contribution is 2.35. The molecule has 1 aliphatic rings. The Labute approximate surface area is 128 Å². The van der Waals surface area contributed by atoms with Crippen molar-refractivity contribution in [1.29, 1.82) is 0 Å². The first-order valence-corrected chi connectivity index (χ1v) is 7.18. The summed E-state index contributed by atoms with van der Waals surface area (Å²) in [6, 6.07) is 2.47. The minimum Gasteiger partial charge on any atom is -0.508 e. The number of fused-ring (bicyclic) bond motifs is 1. The Bertz CT molecular complexity index is 588. The number of hydrogen-bond acceptors (Lipinski definition) is 3. The molecule has 1 heterocycles. The number of nitrogens with zero attached hydrogens (tertiary/aromatic N) is 1. The predicted molar refractivity (Wildman–Crippen MR) is 78.0 cm³/mol.